The molecule has 1 aromatic rings. The highest BCUT2D eigenvalue weighted by Gasteiger charge is 2.02. The Kier molecular flexibility index (Phi) is 4.06. The van der Waals surface area contributed by atoms with Gasteiger partial charge in [0, 0.05) is 10.9 Å². The highest BCUT2D eigenvalue weighted by atomic mass is 32.2. The van der Waals surface area contributed by atoms with Gasteiger partial charge in [-0.1, -0.05) is 18.2 Å². The summed E-state index contributed by atoms with van der Waals surface area (Å²) in [6.45, 7) is 3.68. The number of rotatable bonds is 4. The van der Waals surface area contributed by atoms with Crippen LogP contribution >= 0.6 is 11.8 Å². The van der Waals surface area contributed by atoms with E-state index in [-0.39, 0.29) is 6.04 Å². The second-order valence-corrected chi connectivity index (χ2v) is 3.78. The van der Waals surface area contributed by atoms with E-state index in [1.54, 1.807) is 11.8 Å². The van der Waals surface area contributed by atoms with Crippen molar-refractivity contribution in [1.29, 1.82) is 0 Å². The van der Waals surface area contributed by atoms with Gasteiger partial charge in [-0.2, -0.15) is 0 Å². The monoisotopic (exact) mass is 193 g/mol. The first-order valence-electron chi connectivity index (χ1n) is 4.28. The van der Waals surface area contributed by atoms with E-state index < -0.39 is 0 Å². The van der Waals surface area contributed by atoms with Gasteiger partial charge in [0.15, 0.2) is 0 Å². The molecule has 0 aromatic heterocycles. The first-order valence-corrected chi connectivity index (χ1v) is 5.51. The number of hydrogen-bond donors (Lipinski definition) is 1. The number of hydrogen-bond acceptors (Lipinski definition) is 2. The summed E-state index contributed by atoms with van der Waals surface area (Å²) < 4.78 is 0. The van der Waals surface area contributed by atoms with E-state index in [4.69, 9.17) is 5.73 Å². The van der Waals surface area contributed by atoms with Gasteiger partial charge in [0.1, 0.15) is 0 Å². The fourth-order valence-corrected chi connectivity index (χ4v) is 1.57. The van der Waals surface area contributed by atoms with Crippen LogP contribution in [0.2, 0.25) is 0 Å². The Morgan fingerprint density at radius 3 is 2.54 bits per heavy atom. The van der Waals surface area contributed by atoms with Crippen LogP contribution in [0.3, 0.4) is 0 Å². The number of thioether (sulfide) groups is 1. The summed E-state index contributed by atoms with van der Waals surface area (Å²) in [6, 6.07) is 8.46. The molecule has 0 radical (unpaired) electrons. The predicted molar refractivity (Wildman–Crippen MR) is 60.0 cm³/mol. The molecule has 1 nitrogen and oxygen atoms in total. The van der Waals surface area contributed by atoms with E-state index >= 15 is 0 Å². The normalized spacial score (nSPS) is 12.5. The molecule has 2 N–H and O–H groups in total. The lowest BCUT2D eigenvalue weighted by Gasteiger charge is -2.09. The summed E-state index contributed by atoms with van der Waals surface area (Å²) in [4.78, 5) is 1.27. The van der Waals surface area contributed by atoms with E-state index in [9.17, 15) is 0 Å². The second kappa shape index (κ2) is 5.10. The van der Waals surface area contributed by atoms with Gasteiger partial charge >= 0.3 is 0 Å². The first-order chi connectivity index (χ1) is 6.27. The Bertz CT molecular complexity index is 266. The van der Waals surface area contributed by atoms with Gasteiger partial charge in [0.2, 0.25) is 0 Å². The van der Waals surface area contributed by atoms with Crippen molar-refractivity contribution < 1.29 is 0 Å². The smallest absolute Gasteiger partial charge is 0.0329 e. The van der Waals surface area contributed by atoms with Gasteiger partial charge in [-0.3, -0.25) is 0 Å². The zero-order chi connectivity index (χ0) is 9.68. The van der Waals surface area contributed by atoms with Gasteiger partial charge in [-0.15, -0.1) is 18.3 Å². The molecule has 1 atom stereocenters. The van der Waals surface area contributed by atoms with Crippen LogP contribution in [0, 0.1) is 0 Å². The molecule has 1 unspecified atom stereocenters. The molecular weight excluding hydrogens is 178 g/mol. The molecule has 0 heterocycles. The largest absolute Gasteiger partial charge is 0.324 e. The molecule has 0 aliphatic carbocycles. The van der Waals surface area contributed by atoms with Crippen LogP contribution in [-0.2, 0) is 0 Å². The quantitative estimate of drug-likeness (QED) is 0.587. The lowest BCUT2D eigenvalue weighted by Crippen LogP contribution is -2.08. The van der Waals surface area contributed by atoms with Crippen molar-refractivity contribution >= 4 is 11.8 Å². The van der Waals surface area contributed by atoms with E-state index in [0.29, 0.717) is 0 Å². The second-order valence-electron chi connectivity index (χ2n) is 2.90. The zero-order valence-corrected chi connectivity index (χ0v) is 8.68. The zero-order valence-electron chi connectivity index (χ0n) is 7.86. The Morgan fingerprint density at radius 2 is 2.08 bits per heavy atom. The van der Waals surface area contributed by atoms with Gasteiger partial charge in [-0.05, 0) is 30.4 Å². The van der Waals surface area contributed by atoms with Crippen LogP contribution in [0.25, 0.3) is 0 Å². The van der Waals surface area contributed by atoms with Crippen LogP contribution < -0.4 is 5.73 Å². The van der Waals surface area contributed by atoms with Crippen LogP contribution in [0.1, 0.15) is 18.0 Å². The summed E-state index contributed by atoms with van der Waals surface area (Å²) in [5.41, 5.74) is 7.10. The highest BCUT2D eigenvalue weighted by molar-refractivity contribution is 7.98. The minimum absolute atomic E-state index is 0.0911. The van der Waals surface area contributed by atoms with Crippen molar-refractivity contribution in [1.82, 2.24) is 0 Å². The molecule has 0 saturated heterocycles. The molecule has 1 rings (SSSR count). The van der Waals surface area contributed by atoms with Crippen LogP contribution in [-0.4, -0.2) is 6.26 Å². The third-order valence-electron chi connectivity index (χ3n) is 1.96. The standard InChI is InChI=1S/C11H15NS/c1-3-4-11(12)9-5-7-10(13-2)8-6-9/h3,5-8,11H,1,4,12H2,2H3. The number of nitrogens with two attached hydrogens (primary N) is 1. The third-order valence-corrected chi connectivity index (χ3v) is 2.71. The lowest BCUT2D eigenvalue weighted by molar-refractivity contribution is 0.741. The number of benzene rings is 1. The Hall–Kier alpha value is -0.730. The fraction of sp³-hybridized carbons (Fsp3) is 0.273. The molecule has 0 fully saturated rings. The van der Waals surface area contributed by atoms with Crippen molar-refractivity contribution in [3.63, 3.8) is 0 Å². The molecule has 1 aromatic carbocycles. The minimum Gasteiger partial charge on any atom is -0.324 e. The van der Waals surface area contributed by atoms with Crippen LogP contribution in [0.5, 0.6) is 0 Å². The van der Waals surface area contributed by atoms with Crippen molar-refractivity contribution in [2.45, 2.75) is 17.4 Å². The Labute approximate surface area is 84.0 Å². The maximum atomic E-state index is 5.92. The fourth-order valence-electron chi connectivity index (χ4n) is 1.17. The van der Waals surface area contributed by atoms with Crippen molar-refractivity contribution in [3.8, 4) is 0 Å². The molecule has 13 heavy (non-hydrogen) atoms. The molecular formula is C11H15NS. The molecule has 0 aliphatic rings. The molecule has 70 valence electrons. The molecule has 0 amide bonds. The van der Waals surface area contributed by atoms with Crippen molar-refractivity contribution in [2.75, 3.05) is 6.26 Å². The summed E-state index contributed by atoms with van der Waals surface area (Å²) in [6.07, 6.45) is 4.75. The van der Waals surface area contributed by atoms with E-state index in [1.165, 1.54) is 10.5 Å². The molecule has 0 bridgehead atoms. The molecule has 0 spiro atoms. The maximum Gasteiger partial charge on any atom is 0.0329 e. The highest BCUT2D eigenvalue weighted by Crippen LogP contribution is 2.19. The average Bonchev–Trinajstić information content (AvgIpc) is 2.18. The van der Waals surface area contributed by atoms with Crippen molar-refractivity contribution in [2.24, 2.45) is 5.73 Å². The SMILES string of the molecule is C=CCC(N)c1ccc(SC)cc1. The average molecular weight is 193 g/mol. The lowest BCUT2D eigenvalue weighted by atomic mass is 10.1. The van der Waals surface area contributed by atoms with Gasteiger partial charge < -0.3 is 5.73 Å². The molecule has 0 saturated carbocycles. The molecule has 2 heteroatoms. The summed E-state index contributed by atoms with van der Waals surface area (Å²) in [5.74, 6) is 0. The first kappa shape index (κ1) is 10.4. The van der Waals surface area contributed by atoms with Gasteiger partial charge in [-0.25, -0.2) is 0 Å². The minimum atomic E-state index is 0.0911. The summed E-state index contributed by atoms with van der Waals surface area (Å²) >= 11 is 1.74. The van der Waals surface area contributed by atoms with Crippen LogP contribution in [0.15, 0.2) is 41.8 Å². The van der Waals surface area contributed by atoms with Crippen molar-refractivity contribution in [3.05, 3.63) is 42.5 Å². The third kappa shape index (κ3) is 2.90. The predicted octanol–water partition coefficient (Wildman–Crippen LogP) is 2.98. The Morgan fingerprint density at radius 1 is 1.46 bits per heavy atom. The molecule has 0 aliphatic heterocycles. The van der Waals surface area contributed by atoms with E-state index in [1.807, 2.05) is 6.08 Å². The van der Waals surface area contributed by atoms with E-state index in [2.05, 4.69) is 37.1 Å². The van der Waals surface area contributed by atoms with Gasteiger partial charge in [0.25, 0.3) is 0 Å². The topological polar surface area (TPSA) is 26.0 Å². The summed E-state index contributed by atoms with van der Waals surface area (Å²) in [7, 11) is 0. The summed E-state index contributed by atoms with van der Waals surface area (Å²) in [5, 5.41) is 0. The van der Waals surface area contributed by atoms with Crippen LogP contribution in [0.4, 0.5) is 0 Å². The van der Waals surface area contributed by atoms with E-state index in [0.717, 1.165) is 6.42 Å². The maximum absolute atomic E-state index is 5.92. The van der Waals surface area contributed by atoms with Gasteiger partial charge in [0.05, 0.1) is 0 Å². The Balaban J connectivity index is 2.73.